The third-order valence-corrected chi connectivity index (χ3v) is 2.19. The van der Waals surface area contributed by atoms with E-state index in [1.807, 2.05) is 0 Å². The Morgan fingerprint density at radius 1 is 1.19 bits per heavy atom. The zero-order valence-corrected chi connectivity index (χ0v) is 8.87. The van der Waals surface area contributed by atoms with Gasteiger partial charge in [0.25, 0.3) is 0 Å². The zero-order chi connectivity index (χ0) is 11.5. The van der Waals surface area contributed by atoms with Gasteiger partial charge < -0.3 is 11.1 Å². The molecule has 0 fully saturated rings. The molecule has 0 atom stereocenters. The van der Waals surface area contributed by atoms with Crippen LogP contribution in [0.5, 0.6) is 0 Å². The summed E-state index contributed by atoms with van der Waals surface area (Å²) in [5.74, 6) is 0.176. The predicted molar refractivity (Wildman–Crippen MR) is 61.1 cm³/mol. The minimum absolute atomic E-state index is 0.0494. The van der Waals surface area contributed by atoms with Gasteiger partial charge in [0.05, 0.1) is 10.7 Å². The molecule has 0 saturated heterocycles. The summed E-state index contributed by atoms with van der Waals surface area (Å²) >= 11 is 5.63. The molecule has 0 unspecified atom stereocenters. The van der Waals surface area contributed by atoms with E-state index in [4.69, 9.17) is 17.3 Å². The molecular formula is C10H8ClFN4. The molecule has 0 amide bonds. The minimum Gasteiger partial charge on any atom is -0.382 e. The molecule has 3 N–H and O–H groups in total. The van der Waals surface area contributed by atoms with E-state index in [2.05, 4.69) is 15.5 Å². The molecule has 6 heteroatoms. The van der Waals surface area contributed by atoms with E-state index < -0.39 is 5.82 Å². The third-order valence-electron chi connectivity index (χ3n) is 1.90. The summed E-state index contributed by atoms with van der Waals surface area (Å²) in [5.41, 5.74) is 5.62. The summed E-state index contributed by atoms with van der Waals surface area (Å²) in [6.07, 6.45) is 0. The smallest absolute Gasteiger partial charge is 0.165 e. The largest absolute Gasteiger partial charge is 0.382 e. The van der Waals surface area contributed by atoms with E-state index in [1.54, 1.807) is 24.3 Å². The molecule has 2 rings (SSSR count). The Morgan fingerprint density at radius 2 is 2.00 bits per heavy atom. The Kier molecular flexibility index (Phi) is 2.87. The van der Waals surface area contributed by atoms with Gasteiger partial charge in [-0.1, -0.05) is 17.7 Å². The van der Waals surface area contributed by atoms with Crippen molar-refractivity contribution < 1.29 is 4.39 Å². The minimum atomic E-state index is -0.525. The molecule has 1 aromatic heterocycles. The molecule has 2 aromatic rings. The first-order valence-corrected chi connectivity index (χ1v) is 4.85. The van der Waals surface area contributed by atoms with Crippen molar-refractivity contribution in [2.24, 2.45) is 0 Å². The first-order chi connectivity index (χ1) is 7.66. The van der Waals surface area contributed by atoms with Gasteiger partial charge in [-0.25, -0.2) is 4.39 Å². The van der Waals surface area contributed by atoms with Gasteiger partial charge in [-0.3, -0.25) is 0 Å². The highest BCUT2D eigenvalue weighted by atomic mass is 35.5. The third kappa shape index (κ3) is 2.20. The summed E-state index contributed by atoms with van der Waals surface area (Å²) in [6, 6.07) is 7.83. The lowest BCUT2D eigenvalue weighted by Crippen LogP contribution is -1.99. The van der Waals surface area contributed by atoms with Crippen LogP contribution in [-0.2, 0) is 0 Å². The van der Waals surface area contributed by atoms with Crippen molar-refractivity contribution in [2.75, 3.05) is 11.1 Å². The molecule has 1 aromatic carbocycles. The van der Waals surface area contributed by atoms with Crippen LogP contribution in [0.4, 0.5) is 21.7 Å². The highest BCUT2D eigenvalue weighted by Gasteiger charge is 2.06. The lowest BCUT2D eigenvalue weighted by Gasteiger charge is -2.06. The molecule has 1 heterocycles. The summed E-state index contributed by atoms with van der Waals surface area (Å²) in [7, 11) is 0. The molecular weight excluding hydrogens is 231 g/mol. The SMILES string of the molecule is Nc1ccc(Nc2cccc(Cl)c2F)nn1. The summed E-state index contributed by atoms with van der Waals surface area (Å²) < 4.78 is 13.5. The number of halogens is 2. The Balaban J connectivity index is 2.27. The number of hydrogen-bond donors (Lipinski definition) is 2. The number of nitrogens with two attached hydrogens (primary N) is 1. The van der Waals surface area contributed by atoms with Crippen LogP contribution >= 0.6 is 11.6 Å². The first kappa shape index (κ1) is 10.6. The van der Waals surface area contributed by atoms with Crippen molar-refractivity contribution in [2.45, 2.75) is 0 Å². The van der Waals surface area contributed by atoms with Crippen molar-refractivity contribution in [1.82, 2.24) is 10.2 Å². The van der Waals surface area contributed by atoms with Crippen LogP contribution in [0.15, 0.2) is 30.3 Å². The fourth-order valence-electron chi connectivity index (χ4n) is 1.15. The zero-order valence-electron chi connectivity index (χ0n) is 8.11. The topological polar surface area (TPSA) is 63.8 Å². The van der Waals surface area contributed by atoms with Crippen LogP contribution in [0.2, 0.25) is 5.02 Å². The number of benzene rings is 1. The van der Waals surface area contributed by atoms with Crippen molar-refractivity contribution >= 4 is 28.9 Å². The number of rotatable bonds is 2. The van der Waals surface area contributed by atoms with E-state index in [0.29, 0.717) is 11.6 Å². The van der Waals surface area contributed by atoms with Crippen molar-refractivity contribution in [3.8, 4) is 0 Å². The Hall–Kier alpha value is -1.88. The van der Waals surface area contributed by atoms with Gasteiger partial charge in [-0.2, -0.15) is 0 Å². The van der Waals surface area contributed by atoms with Gasteiger partial charge in [0.15, 0.2) is 11.6 Å². The quantitative estimate of drug-likeness (QED) is 0.844. The molecule has 82 valence electrons. The first-order valence-electron chi connectivity index (χ1n) is 4.47. The van der Waals surface area contributed by atoms with Crippen LogP contribution in [0, 0.1) is 5.82 Å². The Labute approximate surface area is 96.3 Å². The second kappa shape index (κ2) is 4.32. The van der Waals surface area contributed by atoms with Gasteiger partial charge in [0, 0.05) is 0 Å². The summed E-state index contributed by atoms with van der Waals surface area (Å²) in [5, 5.41) is 10.2. The summed E-state index contributed by atoms with van der Waals surface area (Å²) in [6.45, 7) is 0. The van der Waals surface area contributed by atoms with E-state index in [1.165, 1.54) is 6.07 Å². The monoisotopic (exact) mass is 238 g/mol. The highest BCUT2D eigenvalue weighted by Crippen LogP contribution is 2.24. The maximum atomic E-state index is 13.5. The molecule has 0 spiro atoms. The molecule has 0 aliphatic heterocycles. The van der Waals surface area contributed by atoms with Crippen LogP contribution in [0.1, 0.15) is 0 Å². The van der Waals surface area contributed by atoms with E-state index in [9.17, 15) is 4.39 Å². The van der Waals surface area contributed by atoms with Crippen molar-refractivity contribution in [3.05, 3.63) is 41.2 Å². The lowest BCUT2D eigenvalue weighted by molar-refractivity contribution is 0.632. The number of aromatic nitrogens is 2. The van der Waals surface area contributed by atoms with Crippen molar-refractivity contribution in [3.63, 3.8) is 0 Å². The van der Waals surface area contributed by atoms with Crippen LogP contribution in [-0.4, -0.2) is 10.2 Å². The normalized spacial score (nSPS) is 10.1. The summed E-state index contributed by atoms with van der Waals surface area (Å²) in [4.78, 5) is 0. The van der Waals surface area contributed by atoms with E-state index in [0.717, 1.165) is 0 Å². The lowest BCUT2D eigenvalue weighted by atomic mass is 10.3. The van der Waals surface area contributed by atoms with Gasteiger partial charge in [-0.15, -0.1) is 10.2 Å². The fraction of sp³-hybridized carbons (Fsp3) is 0. The average molecular weight is 239 g/mol. The molecule has 0 saturated carbocycles. The fourth-order valence-corrected chi connectivity index (χ4v) is 1.32. The molecule has 0 aliphatic rings. The van der Waals surface area contributed by atoms with E-state index in [-0.39, 0.29) is 10.7 Å². The Bertz CT molecular complexity index is 501. The van der Waals surface area contributed by atoms with Crippen LogP contribution in [0.25, 0.3) is 0 Å². The standard InChI is InChI=1S/C10H8ClFN4/c11-6-2-1-3-7(10(6)12)14-9-5-4-8(13)15-16-9/h1-5H,(H2,13,15)(H,14,16). The second-order valence-electron chi connectivity index (χ2n) is 3.07. The van der Waals surface area contributed by atoms with Gasteiger partial charge in [-0.05, 0) is 24.3 Å². The predicted octanol–water partition coefficient (Wildman–Crippen LogP) is 2.59. The van der Waals surface area contributed by atoms with Crippen molar-refractivity contribution in [1.29, 1.82) is 0 Å². The van der Waals surface area contributed by atoms with Crippen LogP contribution < -0.4 is 11.1 Å². The molecule has 16 heavy (non-hydrogen) atoms. The van der Waals surface area contributed by atoms with Gasteiger partial charge in [0.1, 0.15) is 5.82 Å². The maximum Gasteiger partial charge on any atom is 0.165 e. The van der Waals surface area contributed by atoms with Gasteiger partial charge >= 0.3 is 0 Å². The molecule has 0 aliphatic carbocycles. The number of nitrogens with zero attached hydrogens (tertiary/aromatic N) is 2. The number of nitrogen functional groups attached to an aromatic ring is 1. The molecule has 0 radical (unpaired) electrons. The van der Waals surface area contributed by atoms with Gasteiger partial charge in [0.2, 0.25) is 0 Å². The number of anilines is 3. The number of hydrogen-bond acceptors (Lipinski definition) is 4. The molecule has 4 nitrogen and oxygen atoms in total. The average Bonchev–Trinajstić information content (AvgIpc) is 2.28. The highest BCUT2D eigenvalue weighted by molar-refractivity contribution is 6.31. The van der Waals surface area contributed by atoms with Crippen LogP contribution in [0.3, 0.4) is 0 Å². The second-order valence-corrected chi connectivity index (χ2v) is 3.48. The Morgan fingerprint density at radius 3 is 2.69 bits per heavy atom. The maximum absolute atomic E-state index is 13.5. The number of nitrogens with one attached hydrogen (secondary N) is 1. The molecule has 0 bridgehead atoms. The van der Waals surface area contributed by atoms with E-state index >= 15 is 0 Å².